The van der Waals surface area contributed by atoms with Gasteiger partial charge < -0.3 is 10.1 Å². The summed E-state index contributed by atoms with van der Waals surface area (Å²) in [6.07, 6.45) is 3.27. The van der Waals surface area contributed by atoms with E-state index in [0.717, 1.165) is 30.5 Å². The summed E-state index contributed by atoms with van der Waals surface area (Å²) < 4.78 is 5.28. The molecule has 128 valence electrons. The van der Waals surface area contributed by atoms with Crippen molar-refractivity contribution in [2.45, 2.75) is 32.6 Å². The Hall–Kier alpha value is -1.71. The zero-order valence-electron chi connectivity index (χ0n) is 13.6. The molecule has 0 aromatic heterocycles. The predicted molar refractivity (Wildman–Crippen MR) is 100 cm³/mol. The molecule has 3 nitrogen and oxygen atoms in total. The number of carbonyl (C=O) groups excluding carboxylic acids is 1. The molecule has 0 radical (unpaired) electrons. The minimum atomic E-state index is -0.231. The molecule has 0 aliphatic carbocycles. The quantitative estimate of drug-likeness (QED) is 0.459. The standard InChI is InChI=1S/C19H21Cl2NO2/c1-2-3-6-12-24-18(23)13-14-8-4-5-11-17(14)22-19-15(20)9-7-10-16(19)21/h4-5,7-11,22H,2-3,6,12-13H2,1H3. The summed E-state index contributed by atoms with van der Waals surface area (Å²) in [7, 11) is 0. The van der Waals surface area contributed by atoms with Gasteiger partial charge in [-0.25, -0.2) is 0 Å². The van der Waals surface area contributed by atoms with E-state index in [1.165, 1.54) is 0 Å². The van der Waals surface area contributed by atoms with Crippen LogP contribution in [0.5, 0.6) is 0 Å². The lowest BCUT2D eigenvalue weighted by atomic mass is 10.1. The summed E-state index contributed by atoms with van der Waals surface area (Å²) in [6, 6.07) is 12.9. The average molecular weight is 366 g/mol. The molecule has 0 unspecified atom stereocenters. The van der Waals surface area contributed by atoms with Gasteiger partial charge in [-0.2, -0.15) is 0 Å². The van der Waals surface area contributed by atoms with Gasteiger partial charge in [0.15, 0.2) is 0 Å². The Balaban J connectivity index is 2.06. The molecule has 0 spiro atoms. The first-order valence-corrected chi connectivity index (χ1v) is 8.82. The Labute approximate surface area is 152 Å². The van der Waals surface area contributed by atoms with Crippen LogP contribution in [0.25, 0.3) is 0 Å². The largest absolute Gasteiger partial charge is 0.465 e. The fourth-order valence-corrected chi connectivity index (χ4v) is 2.78. The SMILES string of the molecule is CCCCCOC(=O)Cc1ccccc1Nc1c(Cl)cccc1Cl. The molecule has 0 bridgehead atoms. The van der Waals surface area contributed by atoms with E-state index in [9.17, 15) is 4.79 Å². The molecule has 2 aromatic carbocycles. The van der Waals surface area contributed by atoms with Gasteiger partial charge in [-0.3, -0.25) is 4.79 Å². The third-order valence-electron chi connectivity index (χ3n) is 3.59. The third-order valence-corrected chi connectivity index (χ3v) is 4.22. The van der Waals surface area contributed by atoms with Gasteiger partial charge in [-0.1, -0.05) is 67.2 Å². The van der Waals surface area contributed by atoms with E-state index in [-0.39, 0.29) is 12.4 Å². The van der Waals surface area contributed by atoms with Crippen molar-refractivity contribution in [1.29, 1.82) is 0 Å². The van der Waals surface area contributed by atoms with Crippen LogP contribution >= 0.6 is 23.2 Å². The van der Waals surface area contributed by atoms with E-state index >= 15 is 0 Å². The average Bonchev–Trinajstić information content (AvgIpc) is 2.56. The van der Waals surface area contributed by atoms with Gasteiger partial charge in [0.05, 0.1) is 28.8 Å². The molecule has 0 fully saturated rings. The number of hydrogen-bond acceptors (Lipinski definition) is 3. The number of benzene rings is 2. The molecule has 0 aliphatic heterocycles. The van der Waals surface area contributed by atoms with Crippen molar-refractivity contribution in [3.8, 4) is 0 Å². The lowest BCUT2D eigenvalue weighted by Gasteiger charge is -2.14. The maximum atomic E-state index is 12.0. The molecule has 0 heterocycles. The van der Waals surface area contributed by atoms with E-state index in [2.05, 4.69) is 12.2 Å². The van der Waals surface area contributed by atoms with E-state index < -0.39 is 0 Å². The molecule has 0 saturated heterocycles. The van der Waals surface area contributed by atoms with E-state index in [1.54, 1.807) is 18.2 Å². The van der Waals surface area contributed by atoms with Crippen molar-refractivity contribution < 1.29 is 9.53 Å². The summed E-state index contributed by atoms with van der Waals surface area (Å²) >= 11 is 12.4. The molecule has 2 aromatic rings. The number of para-hydroxylation sites is 2. The number of hydrogen-bond donors (Lipinski definition) is 1. The zero-order chi connectivity index (χ0) is 17.4. The Kier molecular flexibility index (Phi) is 7.41. The van der Waals surface area contributed by atoms with Gasteiger partial charge in [0.1, 0.15) is 0 Å². The highest BCUT2D eigenvalue weighted by molar-refractivity contribution is 6.39. The number of nitrogens with one attached hydrogen (secondary N) is 1. The molecular formula is C19H21Cl2NO2. The number of esters is 1. The number of rotatable bonds is 8. The predicted octanol–water partition coefficient (Wildman–Crippen LogP) is 6.01. The number of unbranched alkanes of at least 4 members (excludes halogenated alkanes) is 2. The molecule has 0 aliphatic rings. The first-order valence-electron chi connectivity index (χ1n) is 8.06. The van der Waals surface area contributed by atoms with Crippen LogP contribution in [0.2, 0.25) is 10.0 Å². The van der Waals surface area contributed by atoms with Crippen LogP contribution in [0, 0.1) is 0 Å². The van der Waals surface area contributed by atoms with Gasteiger partial charge in [0.2, 0.25) is 0 Å². The van der Waals surface area contributed by atoms with E-state index in [0.29, 0.717) is 22.3 Å². The third kappa shape index (κ3) is 5.43. The summed E-state index contributed by atoms with van der Waals surface area (Å²) in [4.78, 5) is 12.0. The minimum absolute atomic E-state index is 0.206. The fraction of sp³-hybridized carbons (Fsp3) is 0.316. The lowest BCUT2D eigenvalue weighted by Crippen LogP contribution is -2.10. The monoisotopic (exact) mass is 365 g/mol. The second-order valence-corrected chi connectivity index (χ2v) is 6.30. The van der Waals surface area contributed by atoms with Gasteiger partial charge in [0, 0.05) is 5.69 Å². The lowest BCUT2D eigenvalue weighted by molar-refractivity contribution is -0.142. The molecule has 5 heteroatoms. The highest BCUT2D eigenvalue weighted by atomic mass is 35.5. The van der Waals surface area contributed by atoms with Crippen LogP contribution in [-0.4, -0.2) is 12.6 Å². The number of ether oxygens (including phenoxy) is 1. The highest BCUT2D eigenvalue weighted by Gasteiger charge is 2.12. The number of halogens is 2. The van der Waals surface area contributed by atoms with Crippen LogP contribution < -0.4 is 5.32 Å². The summed E-state index contributed by atoms with van der Waals surface area (Å²) in [6.45, 7) is 2.59. The number of carbonyl (C=O) groups is 1. The van der Waals surface area contributed by atoms with Crippen molar-refractivity contribution in [3.63, 3.8) is 0 Å². The van der Waals surface area contributed by atoms with Gasteiger partial charge in [-0.05, 0) is 30.2 Å². The molecule has 1 N–H and O–H groups in total. The van der Waals surface area contributed by atoms with Crippen LogP contribution in [0.15, 0.2) is 42.5 Å². The molecule has 2 rings (SSSR count). The second kappa shape index (κ2) is 9.55. The summed E-state index contributed by atoms with van der Waals surface area (Å²) in [5.41, 5.74) is 2.26. The van der Waals surface area contributed by atoms with Gasteiger partial charge in [0.25, 0.3) is 0 Å². The maximum Gasteiger partial charge on any atom is 0.310 e. The molecule has 0 atom stereocenters. The molecular weight excluding hydrogens is 345 g/mol. The molecule has 0 amide bonds. The normalized spacial score (nSPS) is 10.5. The van der Waals surface area contributed by atoms with Crippen molar-refractivity contribution in [1.82, 2.24) is 0 Å². The maximum absolute atomic E-state index is 12.0. The molecule has 0 saturated carbocycles. The van der Waals surface area contributed by atoms with Crippen molar-refractivity contribution in [2.75, 3.05) is 11.9 Å². The first kappa shape index (κ1) is 18.6. The Bertz CT molecular complexity index is 669. The zero-order valence-corrected chi connectivity index (χ0v) is 15.2. The van der Waals surface area contributed by atoms with Crippen molar-refractivity contribution in [3.05, 3.63) is 58.1 Å². The fourth-order valence-electron chi connectivity index (χ4n) is 2.29. The van der Waals surface area contributed by atoms with Gasteiger partial charge >= 0.3 is 5.97 Å². The van der Waals surface area contributed by atoms with Crippen LogP contribution in [-0.2, 0) is 16.0 Å². The Morgan fingerprint density at radius 1 is 1.04 bits per heavy atom. The van der Waals surface area contributed by atoms with Crippen LogP contribution in [0.1, 0.15) is 31.7 Å². The number of anilines is 2. The smallest absolute Gasteiger partial charge is 0.310 e. The van der Waals surface area contributed by atoms with Gasteiger partial charge in [-0.15, -0.1) is 0 Å². The van der Waals surface area contributed by atoms with E-state index in [4.69, 9.17) is 27.9 Å². The first-order chi connectivity index (χ1) is 11.6. The van der Waals surface area contributed by atoms with Crippen molar-refractivity contribution >= 4 is 40.5 Å². The minimum Gasteiger partial charge on any atom is -0.465 e. The topological polar surface area (TPSA) is 38.3 Å². The van der Waals surface area contributed by atoms with Crippen molar-refractivity contribution in [2.24, 2.45) is 0 Å². The van der Waals surface area contributed by atoms with Crippen LogP contribution in [0.4, 0.5) is 11.4 Å². The second-order valence-electron chi connectivity index (χ2n) is 5.48. The summed E-state index contributed by atoms with van der Waals surface area (Å²) in [5.74, 6) is -0.231. The van der Waals surface area contributed by atoms with E-state index in [1.807, 2.05) is 24.3 Å². The molecule has 24 heavy (non-hydrogen) atoms. The highest BCUT2D eigenvalue weighted by Crippen LogP contribution is 2.33. The Morgan fingerprint density at radius 3 is 2.46 bits per heavy atom. The Morgan fingerprint density at radius 2 is 1.75 bits per heavy atom. The summed E-state index contributed by atoms with van der Waals surface area (Å²) in [5, 5.41) is 4.27. The van der Waals surface area contributed by atoms with Crippen LogP contribution in [0.3, 0.4) is 0 Å².